The van der Waals surface area contributed by atoms with Gasteiger partial charge in [0.2, 0.25) is 17.0 Å². The summed E-state index contributed by atoms with van der Waals surface area (Å²) in [5.41, 5.74) is 5.01. The fraction of sp³-hybridized carbons (Fsp3) is 0.444. The Balaban J connectivity index is 1.45. The van der Waals surface area contributed by atoms with E-state index >= 15 is 0 Å². The zero-order chi connectivity index (χ0) is 19.1. The molecule has 1 aromatic heterocycles. The molecule has 1 aromatic carbocycles. The van der Waals surface area contributed by atoms with Gasteiger partial charge in [-0.15, -0.1) is 5.10 Å². The maximum absolute atomic E-state index is 11.7. The summed E-state index contributed by atoms with van der Waals surface area (Å²) in [6, 6.07) is 8.60. The molecule has 0 bridgehead atoms. The molecule has 0 unspecified atom stereocenters. The largest absolute Gasteiger partial charge is 0.372 e. The number of anilines is 2. The molecule has 1 saturated carbocycles. The molecule has 1 amide bonds. The number of carbonyl (C=O) groups excluding carboxylic acids is 1. The van der Waals surface area contributed by atoms with Crippen LogP contribution in [-0.2, 0) is 4.79 Å². The number of carbonyl (C=O) groups is 1. The van der Waals surface area contributed by atoms with Gasteiger partial charge in [0.05, 0.1) is 12.0 Å². The van der Waals surface area contributed by atoms with Gasteiger partial charge in [-0.2, -0.15) is 10.1 Å². The highest BCUT2D eigenvalue weighted by Gasteiger charge is 2.23. The fourth-order valence-corrected chi connectivity index (χ4v) is 3.13. The monoisotopic (exact) mass is 387 g/mol. The van der Waals surface area contributed by atoms with Gasteiger partial charge in [0, 0.05) is 24.8 Å². The Morgan fingerprint density at radius 2 is 2.07 bits per heavy atom. The molecule has 144 valence electrons. The number of rotatable bonds is 10. The summed E-state index contributed by atoms with van der Waals surface area (Å²) in [7, 11) is 0. The third-order valence-corrected chi connectivity index (χ3v) is 4.99. The summed E-state index contributed by atoms with van der Waals surface area (Å²) in [6.45, 7) is 6.26. The maximum Gasteiger partial charge on any atom is 0.240 e. The molecule has 3 rings (SSSR count). The molecule has 0 aliphatic heterocycles. The molecule has 1 aliphatic rings. The second-order valence-corrected chi connectivity index (χ2v) is 7.17. The Morgan fingerprint density at radius 3 is 2.74 bits per heavy atom. The first kappa shape index (κ1) is 19.2. The lowest BCUT2D eigenvalue weighted by molar-refractivity contribution is -0.118. The van der Waals surface area contributed by atoms with Gasteiger partial charge in [0.15, 0.2) is 0 Å². The van der Waals surface area contributed by atoms with E-state index in [0.29, 0.717) is 22.9 Å². The molecule has 0 atom stereocenters. The van der Waals surface area contributed by atoms with Crippen LogP contribution in [0.3, 0.4) is 0 Å². The molecule has 9 heteroatoms. The summed E-state index contributed by atoms with van der Waals surface area (Å²) in [6.07, 6.45) is 3.90. The van der Waals surface area contributed by atoms with E-state index in [4.69, 9.17) is 0 Å². The molecule has 3 N–H and O–H groups in total. The van der Waals surface area contributed by atoms with Gasteiger partial charge in [0.25, 0.3) is 0 Å². The third kappa shape index (κ3) is 5.99. The van der Waals surface area contributed by atoms with Crippen molar-refractivity contribution >= 4 is 35.5 Å². The van der Waals surface area contributed by atoms with E-state index in [1.54, 1.807) is 6.21 Å². The first-order chi connectivity index (χ1) is 13.2. The second-order valence-electron chi connectivity index (χ2n) is 6.23. The predicted octanol–water partition coefficient (Wildman–Crippen LogP) is 2.47. The SMILES string of the molecule is CCN(CC)c1ccc(/C=N\Nc2nc(SCC(=O)NC3CC3)n[nH]2)cc1. The van der Waals surface area contributed by atoms with E-state index in [-0.39, 0.29) is 5.91 Å². The predicted molar refractivity (Wildman–Crippen MR) is 109 cm³/mol. The summed E-state index contributed by atoms with van der Waals surface area (Å²) in [5.74, 6) is 0.778. The van der Waals surface area contributed by atoms with E-state index < -0.39 is 0 Å². The lowest BCUT2D eigenvalue weighted by Gasteiger charge is -2.20. The lowest BCUT2D eigenvalue weighted by Crippen LogP contribution is -2.27. The van der Waals surface area contributed by atoms with Crippen molar-refractivity contribution in [1.82, 2.24) is 20.5 Å². The number of amides is 1. The van der Waals surface area contributed by atoms with Crippen molar-refractivity contribution < 1.29 is 4.79 Å². The molecular formula is C18H25N7OS. The summed E-state index contributed by atoms with van der Waals surface area (Å²) in [5, 5.41) is 14.4. The normalized spacial score (nSPS) is 13.7. The summed E-state index contributed by atoms with van der Waals surface area (Å²) in [4.78, 5) is 18.2. The van der Waals surface area contributed by atoms with Crippen LogP contribution in [0.2, 0.25) is 0 Å². The Bertz CT molecular complexity index is 766. The number of thioether (sulfide) groups is 1. The van der Waals surface area contributed by atoms with Crippen LogP contribution in [0.15, 0.2) is 34.5 Å². The summed E-state index contributed by atoms with van der Waals surface area (Å²) < 4.78 is 0. The molecule has 1 fully saturated rings. The van der Waals surface area contributed by atoms with Crippen molar-refractivity contribution in [3.05, 3.63) is 29.8 Å². The summed E-state index contributed by atoms with van der Waals surface area (Å²) >= 11 is 1.30. The second kappa shape index (κ2) is 9.40. The van der Waals surface area contributed by atoms with E-state index in [1.807, 2.05) is 12.1 Å². The van der Waals surface area contributed by atoms with E-state index in [9.17, 15) is 4.79 Å². The number of hydrazone groups is 1. The minimum Gasteiger partial charge on any atom is -0.372 e. The van der Waals surface area contributed by atoms with Crippen LogP contribution in [0.5, 0.6) is 0 Å². The van der Waals surface area contributed by atoms with Crippen LogP contribution >= 0.6 is 11.8 Å². The number of nitrogens with one attached hydrogen (secondary N) is 3. The first-order valence-electron chi connectivity index (χ1n) is 9.16. The van der Waals surface area contributed by atoms with Crippen LogP contribution in [-0.4, -0.2) is 52.2 Å². The van der Waals surface area contributed by atoms with Gasteiger partial charge in [0.1, 0.15) is 0 Å². The quantitative estimate of drug-likeness (QED) is 0.329. The van der Waals surface area contributed by atoms with Gasteiger partial charge in [-0.25, -0.2) is 10.5 Å². The number of aromatic amines is 1. The average Bonchev–Trinajstić information content (AvgIpc) is 3.38. The molecule has 0 radical (unpaired) electrons. The van der Waals surface area contributed by atoms with E-state index in [0.717, 1.165) is 31.5 Å². The Labute approximate surface area is 163 Å². The molecule has 1 aliphatic carbocycles. The van der Waals surface area contributed by atoms with Crippen molar-refractivity contribution in [3.63, 3.8) is 0 Å². The van der Waals surface area contributed by atoms with Gasteiger partial charge in [-0.3, -0.25) is 4.79 Å². The van der Waals surface area contributed by atoms with Crippen molar-refractivity contribution in [2.24, 2.45) is 5.10 Å². The minimum absolute atomic E-state index is 0.0213. The molecule has 0 spiro atoms. The average molecular weight is 388 g/mol. The number of nitrogens with zero attached hydrogens (tertiary/aromatic N) is 4. The first-order valence-corrected chi connectivity index (χ1v) is 10.1. The fourth-order valence-electron chi connectivity index (χ4n) is 2.52. The minimum atomic E-state index is 0.0213. The highest BCUT2D eigenvalue weighted by atomic mass is 32.2. The number of H-pyrrole nitrogens is 1. The van der Waals surface area contributed by atoms with Crippen molar-refractivity contribution in [2.45, 2.75) is 37.9 Å². The van der Waals surface area contributed by atoms with Gasteiger partial charge < -0.3 is 10.2 Å². The molecular weight excluding hydrogens is 362 g/mol. The highest BCUT2D eigenvalue weighted by Crippen LogP contribution is 2.20. The van der Waals surface area contributed by atoms with Crippen molar-refractivity contribution in [3.8, 4) is 0 Å². The standard InChI is InChI=1S/C18H25N7OS/c1-3-25(4-2)15-9-5-13(6-10-15)11-19-22-17-21-18(24-23-17)27-12-16(26)20-14-7-8-14/h5-6,9-11,14H,3-4,7-8,12H2,1-2H3,(H,20,26)(H2,21,22,23,24)/b19-11-. The van der Waals surface area contributed by atoms with Crippen molar-refractivity contribution in [1.29, 1.82) is 0 Å². The topological polar surface area (TPSA) is 98.3 Å². The molecule has 8 nitrogen and oxygen atoms in total. The van der Waals surface area contributed by atoms with Crippen LogP contribution in [0.25, 0.3) is 0 Å². The third-order valence-electron chi connectivity index (χ3n) is 4.15. The smallest absolute Gasteiger partial charge is 0.240 e. The maximum atomic E-state index is 11.7. The van der Waals surface area contributed by atoms with Crippen LogP contribution < -0.4 is 15.6 Å². The molecule has 0 saturated heterocycles. The van der Waals surface area contributed by atoms with Crippen molar-refractivity contribution in [2.75, 3.05) is 29.2 Å². The number of aromatic nitrogens is 3. The zero-order valence-corrected chi connectivity index (χ0v) is 16.4. The van der Waals surface area contributed by atoms with E-state index in [2.05, 4.69) is 61.9 Å². The molecule has 1 heterocycles. The van der Waals surface area contributed by atoms with Crippen LogP contribution in [0.4, 0.5) is 11.6 Å². The van der Waals surface area contributed by atoms with Crippen LogP contribution in [0.1, 0.15) is 32.3 Å². The number of hydrogen-bond acceptors (Lipinski definition) is 7. The molecule has 27 heavy (non-hydrogen) atoms. The van der Waals surface area contributed by atoms with E-state index in [1.165, 1.54) is 17.4 Å². The van der Waals surface area contributed by atoms with Gasteiger partial charge in [-0.05, 0) is 44.4 Å². The molecule has 2 aromatic rings. The highest BCUT2D eigenvalue weighted by molar-refractivity contribution is 7.99. The Kier molecular flexibility index (Phi) is 6.69. The van der Waals surface area contributed by atoms with Gasteiger partial charge in [-0.1, -0.05) is 23.9 Å². The lowest BCUT2D eigenvalue weighted by atomic mass is 10.2. The van der Waals surface area contributed by atoms with Gasteiger partial charge >= 0.3 is 0 Å². The Hall–Kier alpha value is -2.55. The van der Waals surface area contributed by atoms with Crippen LogP contribution in [0, 0.1) is 0 Å². The Morgan fingerprint density at radius 1 is 1.33 bits per heavy atom. The number of benzene rings is 1. The number of hydrogen-bond donors (Lipinski definition) is 3. The zero-order valence-electron chi connectivity index (χ0n) is 15.6.